The van der Waals surface area contributed by atoms with E-state index in [1.54, 1.807) is 16.4 Å². The minimum Gasteiger partial charge on any atom is -0.367 e. The van der Waals surface area contributed by atoms with Gasteiger partial charge in [0.15, 0.2) is 0 Å². The van der Waals surface area contributed by atoms with E-state index < -0.39 is 21.3 Å². The molecule has 1 amide bonds. The van der Waals surface area contributed by atoms with E-state index >= 15 is 0 Å². The Morgan fingerprint density at radius 2 is 1.78 bits per heavy atom. The van der Waals surface area contributed by atoms with Crippen LogP contribution in [0.3, 0.4) is 0 Å². The number of piperazine rings is 1. The van der Waals surface area contributed by atoms with E-state index in [2.05, 4.69) is 20.4 Å². The zero-order valence-electron chi connectivity index (χ0n) is 18.5. The van der Waals surface area contributed by atoms with Crippen molar-refractivity contribution in [3.05, 3.63) is 30.1 Å². The molecule has 3 heterocycles. The lowest BCUT2D eigenvalue weighted by atomic mass is 10.2. The minimum atomic E-state index is -3.35. The topological polar surface area (TPSA) is 85.0 Å². The van der Waals surface area contributed by atoms with Crippen LogP contribution in [0.25, 0.3) is 0 Å². The molecule has 178 valence electrons. The Labute approximate surface area is 190 Å². The summed E-state index contributed by atoms with van der Waals surface area (Å²) < 4.78 is 41.3. The number of carbonyl (C=O) groups is 1. The number of rotatable bonds is 7. The van der Waals surface area contributed by atoms with Gasteiger partial charge in [-0.3, -0.25) is 9.69 Å². The van der Waals surface area contributed by atoms with Crippen molar-refractivity contribution in [1.82, 2.24) is 19.8 Å². The molecule has 3 fully saturated rings. The molecule has 8 nitrogen and oxygen atoms in total. The van der Waals surface area contributed by atoms with Gasteiger partial charge in [0.05, 0.1) is 17.0 Å². The van der Waals surface area contributed by atoms with Gasteiger partial charge in [-0.05, 0) is 31.4 Å². The van der Waals surface area contributed by atoms with Crippen molar-refractivity contribution in [2.45, 2.75) is 37.0 Å². The summed E-state index contributed by atoms with van der Waals surface area (Å²) in [7, 11) is -3.35. The lowest BCUT2D eigenvalue weighted by Gasteiger charge is -2.36. The maximum absolute atomic E-state index is 14.0. The van der Waals surface area contributed by atoms with Crippen molar-refractivity contribution >= 4 is 21.6 Å². The average Bonchev–Trinajstić information content (AvgIpc) is 3.32. The van der Waals surface area contributed by atoms with E-state index in [1.165, 1.54) is 6.07 Å². The molecule has 2 unspecified atom stereocenters. The highest BCUT2D eigenvalue weighted by Gasteiger charge is 2.40. The molecule has 0 aliphatic carbocycles. The SMILES string of the molecule is O=C(NCCN1CCN(c2ccccc2F)CC1)C1CC(S(=O)(=O)N2CCCCC2)CN1. The first-order chi connectivity index (χ1) is 15.4. The van der Waals surface area contributed by atoms with Crippen molar-refractivity contribution in [3.8, 4) is 0 Å². The van der Waals surface area contributed by atoms with Gasteiger partial charge in [0.2, 0.25) is 15.9 Å². The first-order valence-corrected chi connectivity index (χ1v) is 13.2. The summed E-state index contributed by atoms with van der Waals surface area (Å²) in [5.41, 5.74) is 0.641. The van der Waals surface area contributed by atoms with Gasteiger partial charge in [-0.15, -0.1) is 0 Å². The number of hydrogen-bond acceptors (Lipinski definition) is 6. The first kappa shape index (κ1) is 23.4. The number of nitrogens with one attached hydrogen (secondary N) is 2. The van der Waals surface area contributed by atoms with Gasteiger partial charge in [-0.25, -0.2) is 17.1 Å². The molecule has 1 aromatic carbocycles. The highest BCUT2D eigenvalue weighted by Crippen LogP contribution is 2.23. The maximum Gasteiger partial charge on any atom is 0.237 e. The van der Waals surface area contributed by atoms with Gasteiger partial charge in [0.1, 0.15) is 5.82 Å². The van der Waals surface area contributed by atoms with Crippen LogP contribution in [0.15, 0.2) is 24.3 Å². The van der Waals surface area contributed by atoms with Crippen LogP contribution in [0.4, 0.5) is 10.1 Å². The molecular formula is C22H34FN5O3S. The van der Waals surface area contributed by atoms with E-state index in [0.29, 0.717) is 38.3 Å². The van der Waals surface area contributed by atoms with Crippen molar-refractivity contribution < 1.29 is 17.6 Å². The van der Waals surface area contributed by atoms with Gasteiger partial charge >= 0.3 is 0 Å². The average molecular weight is 468 g/mol. The lowest BCUT2D eigenvalue weighted by molar-refractivity contribution is -0.122. The second kappa shape index (κ2) is 10.5. The molecule has 0 spiro atoms. The molecular weight excluding hydrogens is 433 g/mol. The number of para-hydroxylation sites is 1. The van der Waals surface area contributed by atoms with Crippen LogP contribution in [0, 0.1) is 5.82 Å². The molecule has 1 aromatic rings. The number of halogens is 1. The quantitative estimate of drug-likeness (QED) is 0.611. The summed E-state index contributed by atoms with van der Waals surface area (Å²) in [4.78, 5) is 16.9. The normalized spacial score (nSPS) is 25.7. The number of hydrogen-bond donors (Lipinski definition) is 2. The molecule has 0 radical (unpaired) electrons. The van der Waals surface area contributed by atoms with Crippen molar-refractivity contribution in [2.24, 2.45) is 0 Å². The molecule has 10 heteroatoms. The van der Waals surface area contributed by atoms with Crippen molar-refractivity contribution in [3.63, 3.8) is 0 Å². The lowest BCUT2D eigenvalue weighted by Crippen LogP contribution is -2.49. The van der Waals surface area contributed by atoms with Crippen LogP contribution < -0.4 is 15.5 Å². The largest absolute Gasteiger partial charge is 0.367 e. The Hall–Kier alpha value is -1.75. The Morgan fingerprint density at radius 1 is 1.06 bits per heavy atom. The van der Waals surface area contributed by atoms with Crippen LogP contribution in [0.1, 0.15) is 25.7 Å². The van der Waals surface area contributed by atoms with E-state index in [9.17, 15) is 17.6 Å². The Morgan fingerprint density at radius 3 is 2.50 bits per heavy atom. The Kier molecular flexibility index (Phi) is 7.65. The third-order valence-electron chi connectivity index (χ3n) is 6.80. The van der Waals surface area contributed by atoms with Gasteiger partial charge in [0, 0.05) is 58.9 Å². The smallest absolute Gasteiger partial charge is 0.237 e. The molecule has 3 aliphatic rings. The summed E-state index contributed by atoms with van der Waals surface area (Å²) in [6.45, 7) is 5.86. The third kappa shape index (κ3) is 5.41. The Bertz CT molecular complexity index is 885. The molecule has 3 saturated heterocycles. The first-order valence-electron chi connectivity index (χ1n) is 11.7. The maximum atomic E-state index is 14.0. The second-order valence-electron chi connectivity index (χ2n) is 8.89. The monoisotopic (exact) mass is 467 g/mol. The number of piperidine rings is 1. The minimum absolute atomic E-state index is 0.133. The molecule has 0 bridgehead atoms. The summed E-state index contributed by atoms with van der Waals surface area (Å²) >= 11 is 0. The third-order valence-corrected chi connectivity index (χ3v) is 9.08. The van der Waals surface area contributed by atoms with Gasteiger partial charge < -0.3 is 15.5 Å². The number of amides is 1. The standard InChI is InChI=1S/C22H34FN5O3S/c23-19-6-2-3-7-21(19)27-14-12-26(13-15-27)11-8-24-22(29)20-16-18(17-25-20)32(30,31)28-9-4-1-5-10-28/h2-3,6-7,18,20,25H,1,4-5,8-17H2,(H,24,29). The van der Waals surface area contributed by atoms with Crippen LogP contribution in [-0.4, -0.2) is 93.7 Å². The van der Waals surface area contributed by atoms with E-state index in [1.807, 2.05) is 6.07 Å². The highest BCUT2D eigenvalue weighted by atomic mass is 32.2. The van der Waals surface area contributed by atoms with E-state index in [-0.39, 0.29) is 11.7 Å². The van der Waals surface area contributed by atoms with Crippen LogP contribution >= 0.6 is 0 Å². The van der Waals surface area contributed by atoms with Gasteiger partial charge in [0.25, 0.3) is 0 Å². The van der Waals surface area contributed by atoms with E-state index in [4.69, 9.17) is 0 Å². The fraction of sp³-hybridized carbons (Fsp3) is 0.682. The Balaban J connectivity index is 1.17. The van der Waals surface area contributed by atoms with Crippen molar-refractivity contribution in [1.29, 1.82) is 0 Å². The predicted molar refractivity (Wildman–Crippen MR) is 123 cm³/mol. The summed E-state index contributed by atoms with van der Waals surface area (Å²) in [6, 6.07) is 6.37. The molecule has 0 saturated carbocycles. The van der Waals surface area contributed by atoms with Gasteiger partial charge in [-0.2, -0.15) is 0 Å². The number of anilines is 1. The van der Waals surface area contributed by atoms with Crippen molar-refractivity contribution in [2.75, 3.05) is 63.8 Å². The summed E-state index contributed by atoms with van der Waals surface area (Å²) in [5, 5.41) is 5.52. The molecule has 2 atom stereocenters. The van der Waals surface area contributed by atoms with E-state index in [0.717, 1.165) is 52.0 Å². The second-order valence-corrected chi connectivity index (χ2v) is 11.1. The zero-order chi connectivity index (χ0) is 22.6. The zero-order valence-corrected chi connectivity index (χ0v) is 19.3. The van der Waals surface area contributed by atoms with Gasteiger partial charge in [-0.1, -0.05) is 18.6 Å². The summed E-state index contributed by atoms with van der Waals surface area (Å²) in [6.07, 6.45) is 3.24. The summed E-state index contributed by atoms with van der Waals surface area (Å²) in [5.74, 6) is -0.329. The predicted octanol–water partition coefficient (Wildman–Crippen LogP) is 0.610. The number of benzene rings is 1. The fourth-order valence-electron chi connectivity index (χ4n) is 4.84. The molecule has 2 N–H and O–H groups in total. The highest BCUT2D eigenvalue weighted by molar-refractivity contribution is 7.89. The number of nitrogens with zero attached hydrogens (tertiary/aromatic N) is 3. The van der Waals surface area contributed by atoms with Crippen LogP contribution in [-0.2, 0) is 14.8 Å². The molecule has 32 heavy (non-hydrogen) atoms. The number of sulfonamides is 1. The molecule has 3 aliphatic heterocycles. The fourth-order valence-corrected chi connectivity index (χ4v) is 6.77. The molecule has 0 aromatic heterocycles. The number of carbonyl (C=O) groups excluding carboxylic acids is 1. The van der Waals surface area contributed by atoms with Crippen LogP contribution in [0.2, 0.25) is 0 Å². The van der Waals surface area contributed by atoms with Crippen LogP contribution in [0.5, 0.6) is 0 Å². The molecule has 4 rings (SSSR count).